The fourth-order valence-corrected chi connectivity index (χ4v) is 1.60. The number of rotatable bonds is 3. The van der Waals surface area contributed by atoms with E-state index in [1.54, 1.807) is 0 Å². The first-order valence-electron chi connectivity index (χ1n) is 3.74. The van der Waals surface area contributed by atoms with Gasteiger partial charge >= 0.3 is 0 Å². The molecule has 0 bridgehead atoms. The van der Waals surface area contributed by atoms with Crippen molar-refractivity contribution < 1.29 is 13.5 Å². The van der Waals surface area contributed by atoms with E-state index in [9.17, 15) is 13.6 Å². The Morgan fingerprint density at radius 3 is 2.71 bits per heavy atom. The summed E-state index contributed by atoms with van der Waals surface area (Å²) in [6, 6.07) is 1.13. The van der Waals surface area contributed by atoms with Gasteiger partial charge in [0.15, 0.2) is 5.88 Å². The summed E-state index contributed by atoms with van der Waals surface area (Å²) < 4.78 is 29.6. The number of methoxy groups -OCH3 is 1. The number of aromatic nitrogens is 1. The van der Waals surface area contributed by atoms with E-state index in [0.29, 0.717) is 0 Å². The lowest BCUT2D eigenvalue weighted by Gasteiger charge is -2.07. The molecule has 0 saturated carbocycles. The van der Waals surface area contributed by atoms with Crippen molar-refractivity contribution in [3.63, 3.8) is 0 Å². The Morgan fingerprint density at radius 2 is 2.29 bits per heavy atom. The highest BCUT2D eigenvalue weighted by molar-refractivity contribution is 9.08. The summed E-state index contributed by atoms with van der Waals surface area (Å²) in [6.45, 7) is 0. The number of H-pyrrole nitrogens is 1. The van der Waals surface area contributed by atoms with Crippen molar-refractivity contribution >= 4 is 15.9 Å². The van der Waals surface area contributed by atoms with E-state index in [-0.39, 0.29) is 22.3 Å². The SMILES string of the molecule is COc1cc(C(F)F)c(CBr)c(=O)[nH]1. The Kier molecular flexibility index (Phi) is 3.62. The van der Waals surface area contributed by atoms with Crippen LogP contribution in [0.2, 0.25) is 0 Å². The molecule has 1 rings (SSSR count). The minimum absolute atomic E-state index is 0.0285. The monoisotopic (exact) mass is 267 g/mol. The van der Waals surface area contributed by atoms with Gasteiger partial charge in [0.2, 0.25) is 0 Å². The Labute approximate surface area is 87.2 Å². The molecule has 0 unspecified atom stereocenters. The van der Waals surface area contributed by atoms with Gasteiger partial charge < -0.3 is 4.74 Å². The van der Waals surface area contributed by atoms with Crippen LogP contribution in [0, 0.1) is 0 Å². The quantitative estimate of drug-likeness (QED) is 0.854. The lowest BCUT2D eigenvalue weighted by molar-refractivity contribution is 0.149. The summed E-state index contributed by atoms with van der Waals surface area (Å²) >= 11 is 2.98. The Hall–Kier alpha value is -0.910. The second kappa shape index (κ2) is 4.54. The average molecular weight is 268 g/mol. The summed E-state index contributed by atoms with van der Waals surface area (Å²) in [7, 11) is 1.30. The molecule has 0 aliphatic heterocycles. The van der Waals surface area contributed by atoms with Crippen molar-refractivity contribution in [2.75, 3.05) is 7.11 Å². The third-order valence-corrected chi connectivity index (χ3v) is 2.30. The fourth-order valence-electron chi connectivity index (χ4n) is 1.03. The average Bonchev–Trinajstić information content (AvgIpc) is 2.16. The first kappa shape index (κ1) is 11.2. The predicted octanol–water partition coefficient (Wildman–Crippen LogP) is 2.22. The maximum Gasteiger partial charge on any atom is 0.264 e. The van der Waals surface area contributed by atoms with Gasteiger partial charge in [-0.2, -0.15) is 0 Å². The van der Waals surface area contributed by atoms with Crippen LogP contribution in [-0.4, -0.2) is 12.1 Å². The van der Waals surface area contributed by atoms with Crippen LogP contribution in [0.25, 0.3) is 0 Å². The Bertz CT molecular complexity index is 378. The summed E-state index contributed by atoms with van der Waals surface area (Å²) in [5.74, 6) is 0.0370. The van der Waals surface area contributed by atoms with Crippen molar-refractivity contribution in [2.24, 2.45) is 0 Å². The third kappa shape index (κ3) is 2.12. The minimum atomic E-state index is -2.68. The lowest BCUT2D eigenvalue weighted by Crippen LogP contribution is -2.15. The zero-order valence-electron chi connectivity index (χ0n) is 7.31. The molecule has 3 nitrogen and oxygen atoms in total. The molecule has 0 aromatic carbocycles. The first-order chi connectivity index (χ1) is 6.60. The van der Waals surface area contributed by atoms with Crippen LogP contribution in [0.1, 0.15) is 17.6 Å². The highest BCUT2D eigenvalue weighted by Crippen LogP contribution is 2.24. The minimum Gasteiger partial charge on any atom is -0.482 e. The second-order valence-electron chi connectivity index (χ2n) is 2.54. The molecule has 78 valence electrons. The standard InChI is InChI=1S/C8H8BrF2NO2/c1-14-6-2-4(7(10)11)5(3-9)8(13)12-6/h2,7H,3H2,1H3,(H,12,13). The molecule has 0 spiro atoms. The molecule has 0 fully saturated rings. The molecular weight excluding hydrogens is 260 g/mol. The molecule has 0 radical (unpaired) electrons. The highest BCUT2D eigenvalue weighted by Gasteiger charge is 2.16. The Morgan fingerprint density at radius 1 is 1.64 bits per heavy atom. The van der Waals surface area contributed by atoms with Crippen LogP contribution in [0.5, 0.6) is 5.88 Å². The number of nitrogens with one attached hydrogen (secondary N) is 1. The maximum absolute atomic E-state index is 12.5. The van der Waals surface area contributed by atoms with Gasteiger partial charge in [0.25, 0.3) is 12.0 Å². The van der Waals surface area contributed by atoms with Gasteiger partial charge in [-0.1, -0.05) is 15.9 Å². The smallest absolute Gasteiger partial charge is 0.264 e. The van der Waals surface area contributed by atoms with Crippen LogP contribution < -0.4 is 10.3 Å². The maximum atomic E-state index is 12.5. The number of alkyl halides is 3. The third-order valence-electron chi connectivity index (χ3n) is 1.73. The van der Waals surface area contributed by atoms with Crippen LogP contribution in [0.3, 0.4) is 0 Å². The van der Waals surface area contributed by atoms with Crippen LogP contribution in [0.4, 0.5) is 8.78 Å². The van der Waals surface area contributed by atoms with Gasteiger partial charge in [0, 0.05) is 22.5 Å². The van der Waals surface area contributed by atoms with Gasteiger partial charge in [-0.25, -0.2) is 8.78 Å². The summed E-state index contributed by atoms with van der Waals surface area (Å²) in [5.41, 5.74) is -0.834. The van der Waals surface area contributed by atoms with Crippen molar-refractivity contribution in [1.29, 1.82) is 0 Å². The van der Waals surface area contributed by atoms with Gasteiger partial charge in [0.05, 0.1) is 7.11 Å². The number of pyridine rings is 1. The molecule has 1 N–H and O–H groups in total. The molecule has 6 heteroatoms. The van der Waals surface area contributed by atoms with E-state index in [1.165, 1.54) is 7.11 Å². The van der Waals surface area contributed by atoms with E-state index in [1.807, 2.05) is 0 Å². The summed E-state index contributed by atoms with van der Waals surface area (Å²) in [5, 5.41) is 0.0893. The van der Waals surface area contributed by atoms with E-state index in [2.05, 4.69) is 25.7 Å². The van der Waals surface area contributed by atoms with E-state index < -0.39 is 12.0 Å². The first-order valence-corrected chi connectivity index (χ1v) is 4.86. The second-order valence-corrected chi connectivity index (χ2v) is 3.10. The topological polar surface area (TPSA) is 42.1 Å². The largest absolute Gasteiger partial charge is 0.482 e. The number of ether oxygens (including phenoxy) is 1. The lowest BCUT2D eigenvalue weighted by atomic mass is 10.1. The normalized spacial score (nSPS) is 10.6. The van der Waals surface area contributed by atoms with Crippen LogP contribution in [-0.2, 0) is 5.33 Å². The molecule has 1 aromatic rings. The Balaban J connectivity index is 3.36. The van der Waals surface area contributed by atoms with Crippen molar-refractivity contribution in [3.05, 3.63) is 27.5 Å². The van der Waals surface area contributed by atoms with Crippen LogP contribution in [0.15, 0.2) is 10.9 Å². The fraction of sp³-hybridized carbons (Fsp3) is 0.375. The van der Waals surface area contributed by atoms with Crippen molar-refractivity contribution in [1.82, 2.24) is 4.98 Å². The van der Waals surface area contributed by atoms with E-state index in [0.717, 1.165) is 6.07 Å². The predicted molar refractivity (Wildman–Crippen MR) is 51.2 cm³/mol. The zero-order valence-corrected chi connectivity index (χ0v) is 8.90. The van der Waals surface area contributed by atoms with Gasteiger partial charge in [-0.05, 0) is 0 Å². The van der Waals surface area contributed by atoms with E-state index in [4.69, 9.17) is 0 Å². The molecule has 0 amide bonds. The van der Waals surface area contributed by atoms with Gasteiger partial charge in [0.1, 0.15) is 0 Å². The number of halogens is 3. The molecule has 0 saturated heterocycles. The number of hydrogen-bond acceptors (Lipinski definition) is 2. The summed E-state index contributed by atoms with van der Waals surface area (Å²) in [6.07, 6.45) is -2.68. The molecule has 1 heterocycles. The van der Waals surface area contributed by atoms with Crippen molar-refractivity contribution in [3.8, 4) is 5.88 Å². The molecule has 1 aromatic heterocycles. The molecule has 0 aliphatic carbocycles. The van der Waals surface area contributed by atoms with Gasteiger partial charge in [-0.15, -0.1) is 0 Å². The molecule has 0 aliphatic rings. The molecule has 0 atom stereocenters. The van der Waals surface area contributed by atoms with Crippen molar-refractivity contribution in [2.45, 2.75) is 11.8 Å². The van der Waals surface area contributed by atoms with Crippen LogP contribution >= 0.6 is 15.9 Å². The summed E-state index contributed by atoms with van der Waals surface area (Å²) in [4.78, 5) is 13.6. The van der Waals surface area contributed by atoms with Gasteiger partial charge in [-0.3, -0.25) is 9.78 Å². The van der Waals surface area contributed by atoms with E-state index >= 15 is 0 Å². The molecule has 14 heavy (non-hydrogen) atoms. The zero-order chi connectivity index (χ0) is 10.7. The highest BCUT2D eigenvalue weighted by atomic mass is 79.9. The number of aromatic amines is 1. The molecular formula is C8H8BrF2NO2. The number of hydrogen-bond donors (Lipinski definition) is 1.